The fraction of sp³-hybridized carbons (Fsp3) is 0.190. The third-order valence-electron chi connectivity index (χ3n) is 8.83. The second-order valence-corrected chi connectivity index (χ2v) is 15.8. The van der Waals surface area contributed by atoms with E-state index in [1.165, 1.54) is 11.8 Å². The van der Waals surface area contributed by atoms with Crippen molar-refractivity contribution in [3.8, 4) is 33.7 Å². The number of aliphatic hydroxyl groups excluding tert-OH is 1. The van der Waals surface area contributed by atoms with E-state index in [-0.39, 0.29) is 25.4 Å². The van der Waals surface area contributed by atoms with Crippen LogP contribution in [0.15, 0.2) is 143 Å². The molecule has 7 rings (SSSR count). The Balaban J connectivity index is 1.13. The van der Waals surface area contributed by atoms with E-state index in [0.29, 0.717) is 17.4 Å². The summed E-state index contributed by atoms with van der Waals surface area (Å²) in [7, 11) is 0. The van der Waals surface area contributed by atoms with Gasteiger partial charge in [-0.1, -0.05) is 168 Å². The summed E-state index contributed by atoms with van der Waals surface area (Å²) < 4.78 is 17.7. The molecule has 0 radical (unpaired) electrons. The van der Waals surface area contributed by atoms with E-state index >= 15 is 0 Å². The number of benzene rings is 5. The summed E-state index contributed by atoms with van der Waals surface area (Å²) in [5.41, 5.74) is 8.16. The number of hydrogen-bond donors (Lipinski definition) is 2. The Morgan fingerprint density at radius 3 is 2.11 bits per heavy atom. The first kappa shape index (κ1) is 37.2. The number of nitrogens with one attached hydrogen (secondary N) is 1. The zero-order valence-corrected chi connectivity index (χ0v) is 31.4. The molecule has 0 aliphatic carbocycles. The van der Waals surface area contributed by atoms with Gasteiger partial charge in [0.15, 0.2) is 12.1 Å². The summed E-state index contributed by atoms with van der Waals surface area (Å²) in [6.07, 6.45) is -0.513. The van der Waals surface area contributed by atoms with Crippen molar-refractivity contribution in [1.82, 2.24) is 10.3 Å². The average Bonchev–Trinajstić information content (AvgIpc) is 3.64. The van der Waals surface area contributed by atoms with Crippen LogP contribution in [0.25, 0.3) is 33.7 Å². The molecule has 0 bridgehead atoms. The van der Waals surface area contributed by atoms with Crippen LogP contribution in [0.1, 0.15) is 41.1 Å². The van der Waals surface area contributed by atoms with Gasteiger partial charge in [-0.2, -0.15) is 0 Å². The van der Waals surface area contributed by atoms with Crippen LogP contribution in [-0.4, -0.2) is 31.6 Å². The van der Waals surface area contributed by atoms with E-state index in [4.69, 9.17) is 53.7 Å². The van der Waals surface area contributed by atoms with Crippen LogP contribution in [0.3, 0.4) is 0 Å². The normalized spacial score (nSPS) is 17.4. The first-order valence-corrected chi connectivity index (χ1v) is 19.1. The largest absolute Gasteiger partial charge is 0.431 e. The van der Waals surface area contributed by atoms with Crippen molar-refractivity contribution in [2.24, 2.45) is 0 Å². The minimum Gasteiger partial charge on any atom is -0.431 e. The highest BCUT2D eigenvalue weighted by atomic mass is 35.6. The molecule has 7 nitrogen and oxygen atoms in total. The van der Waals surface area contributed by atoms with Gasteiger partial charge in [-0.05, 0) is 39.9 Å². The third kappa shape index (κ3) is 9.34. The second kappa shape index (κ2) is 16.9. The molecule has 1 aromatic heterocycles. The van der Waals surface area contributed by atoms with E-state index < -0.39 is 16.0 Å². The molecule has 0 unspecified atom stereocenters. The number of rotatable bonds is 11. The number of nitrogens with zero attached hydrogens (tertiary/aromatic N) is 1. The molecular weight excluding hydrogens is 751 g/mol. The van der Waals surface area contributed by atoms with Gasteiger partial charge in [0.25, 0.3) is 14.9 Å². The lowest BCUT2D eigenvalue weighted by molar-refractivity contribution is -0.245. The van der Waals surface area contributed by atoms with Gasteiger partial charge in [-0.25, -0.2) is 4.98 Å². The standard InChI is InChI=1S/C42H35Cl3N2O5S/c43-42(44,45)40(49)46-24-28-9-7-14-32(21-28)33-15-8-16-34(22-33)39-50-35(23-36(51-39)29-19-17-27(25-48)18-20-29)26-53-41-47-37(30-10-3-1-4-11-30)38(52-41)31-12-5-2-6-13-31/h1-22,35-36,39,48H,23-26H2,(H,46,49)/t35-,36+,39+/m0/s1. The van der Waals surface area contributed by atoms with Crippen LogP contribution in [0.2, 0.25) is 0 Å². The highest BCUT2D eigenvalue weighted by Crippen LogP contribution is 2.41. The molecule has 1 fully saturated rings. The van der Waals surface area contributed by atoms with Crippen molar-refractivity contribution in [1.29, 1.82) is 0 Å². The first-order chi connectivity index (χ1) is 25.7. The van der Waals surface area contributed by atoms with Gasteiger partial charge in [0, 0.05) is 35.4 Å². The Hall–Kier alpha value is -4.12. The average molecular weight is 786 g/mol. The van der Waals surface area contributed by atoms with Gasteiger partial charge in [-0.15, -0.1) is 0 Å². The Morgan fingerprint density at radius 2 is 1.42 bits per heavy atom. The number of oxazole rings is 1. The van der Waals surface area contributed by atoms with Crippen molar-refractivity contribution < 1.29 is 23.8 Å². The fourth-order valence-corrected chi connectivity index (χ4v) is 7.18. The SMILES string of the molecule is O=C(NCc1cccc(-c2cccc([C@@H]3O[C@H](CSc4nc(-c5ccccc5)c(-c5ccccc5)o4)C[C@H](c4ccc(CO)cc4)O3)c2)c1)C(Cl)(Cl)Cl. The zero-order valence-electron chi connectivity index (χ0n) is 28.3. The monoisotopic (exact) mass is 784 g/mol. The lowest BCUT2D eigenvalue weighted by Gasteiger charge is -2.36. The van der Waals surface area contributed by atoms with Crippen LogP contribution in [0, 0.1) is 0 Å². The number of aliphatic hydroxyl groups is 1. The van der Waals surface area contributed by atoms with Crippen molar-refractivity contribution in [3.05, 3.63) is 156 Å². The molecular formula is C42H35Cl3N2O5S. The summed E-state index contributed by atoms with van der Waals surface area (Å²) in [5.74, 6) is 0.613. The summed E-state index contributed by atoms with van der Waals surface area (Å²) in [6, 6.07) is 43.7. The Labute approximate surface area is 327 Å². The lowest BCUT2D eigenvalue weighted by atomic mass is 9.99. The van der Waals surface area contributed by atoms with E-state index in [1.54, 1.807) is 0 Å². The molecule has 0 saturated carbocycles. The Kier molecular flexibility index (Phi) is 11.9. The van der Waals surface area contributed by atoms with Gasteiger partial charge in [0.05, 0.1) is 18.8 Å². The van der Waals surface area contributed by atoms with Gasteiger partial charge in [0.2, 0.25) is 0 Å². The lowest BCUT2D eigenvalue weighted by Crippen LogP contribution is -2.33. The van der Waals surface area contributed by atoms with E-state index in [0.717, 1.165) is 56.0 Å². The number of carbonyl (C=O) groups excluding carboxylic acids is 1. The number of hydrogen-bond acceptors (Lipinski definition) is 7. The molecule has 53 heavy (non-hydrogen) atoms. The van der Waals surface area contributed by atoms with Crippen LogP contribution < -0.4 is 5.32 Å². The highest BCUT2D eigenvalue weighted by Gasteiger charge is 2.33. The molecule has 270 valence electrons. The van der Waals surface area contributed by atoms with Crippen molar-refractivity contribution >= 4 is 52.5 Å². The minimum atomic E-state index is -2.04. The number of alkyl halides is 3. The second-order valence-electron chi connectivity index (χ2n) is 12.6. The van der Waals surface area contributed by atoms with Crippen LogP contribution >= 0.6 is 46.6 Å². The summed E-state index contributed by atoms with van der Waals surface area (Å²) in [4.78, 5) is 17.0. The third-order valence-corrected chi connectivity index (χ3v) is 10.3. The minimum absolute atomic E-state index is 0.0316. The summed E-state index contributed by atoms with van der Waals surface area (Å²) >= 11 is 18.7. The number of halogens is 3. The Bertz CT molecular complexity index is 2090. The summed E-state index contributed by atoms with van der Waals surface area (Å²) in [5, 5.41) is 12.9. The number of amides is 1. The van der Waals surface area contributed by atoms with Crippen molar-refractivity contribution in [2.75, 3.05) is 5.75 Å². The highest BCUT2D eigenvalue weighted by molar-refractivity contribution is 7.99. The van der Waals surface area contributed by atoms with E-state index in [1.807, 2.05) is 127 Å². The molecule has 1 saturated heterocycles. The molecule has 2 heterocycles. The van der Waals surface area contributed by atoms with Crippen molar-refractivity contribution in [2.45, 2.75) is 47.1 Å². The van der Waals surface area contributed by atoms with E-state index in [2.05, 4.69) is 11.4 Å². The number of carbonyl (C=O) groups is 1. The van der Waals surface area contributed by atoms with Crippen LogP contribution in [-0.2, 0) is 27.4 Å². The number of ether oxygens (including phenoxy) is 2. The van der Waals surface area contributed by atoms with Gasteiger partial charge < -0.3 is 24.3 Å². The molecule has 5 aromatic carbocycles. The molecule has 0 spiro atoms. The smallest absolute Gasteiger partial charge is 0.272 e. The number of thioether (sulfide) groups is 1. The molecule has 2 N–H and O–H groups in total. The van der Waals surface area contributed by atoms with Crippen LogP contribution in [0.4, 0.5) is 0 Å². The molecule has 3 atom stereocenters. The van der Waals surface area contributed by atoms with Gasteiger partial charge in [0.1, 0.15) is 5.69 Å². The first-order valence-electron chi connectivity index (χ1n) is 17.0. The summed E-state index contributed by atoms with van der Waals surface area (Å²) in [6.45, 7) is 0.172. The van der Waals surface area contributed by atoms with E-state index in [9.17, 15) is 9.90 Å². The quantitative estimate of drug-likeness (QED) is 0.0998. The van der Waals surface area contributed by atoms with Crippen LogP contribution in [0.5, 0.6) is 0 Å². The maximum atomic E-state index is 12.1. The topological polar surface area (TPSA) is 93.8 Å². The Morgan fingerprint density at radius 1 is 0.755 bits per heavy atom. The molecule has 11 heteroatoms. The maximum Gasteiger partial charge on any atom is 0.272 e. The zero-order chi connectivity index (χ0) is 36.8. The predicted molar refractivity (Wildman–Crippen MR) is 211 cm³/mol. The fourth-order valence-electron chi connectivity index (χ4n) is 6.13. The molecule has 6 aromatic rings. The van der Waals surface area contributed by atoms with Gasteiger partial charge >= 0.3 is 0 Å². The predicted octanol–water partition coefficient (Wildman–Crippen LogP) is 10.5. The molecule has 1 aliphatic rings. The maximum absolute atomic E-state index is 12.1. The molecule has 1 amide bonds. The van der Waals surface area contributed by atoms with Gasteiger partial charge in [-0.3, -0.25) is 4.79 Å². The van der Waals surface area contributed by atoms with Crippen molar-refractivity contribution in [3.63, 3.8) is 0 Å². The number of aromatic nitrogens is 1. The molecule has 1 aliphatic heterocycles.